The molecule has 4 N–H and O–H groups in total. The van der Waals surface area contributed by atoms with Gasteiger partial charge in [0.1, 0.15) is 0 Å². The molecule has 20 heavy (non-hydrogen) atoms. The van der Waals surface area contributed by atoms with Gasteiger partial charge < -0.3 is 16.0 Å². The Hall–Kier alpha value is -1.72. The molecule has 0 spiro atoms. The van der Waals surface area contributed by atoms with Gasteiger partial charge in [-0.15, -0.1) is 0 Å². The largest absolute Gasteiger partial charge is 0.339 e. The number of nitrogens with zero attached hydrogens (tertiary/aromatic N) is 2. The Morgan fingerprint density at radius 1 is 1.20 bits per heavy atom. The number of hydrogen-bond donors (Lipinski definition) is 2. The molecule has 2 aromatic rings. The van der Waals surface area contributed by atoms with Crippen molar-refractivity contribution in [2.24, 2.45) is 11.5 Å². The van der Waals surface area contributed by atoms with Crippen LogP contribution in [-0.4, -0.2) is 16.2 Å². The van der Waals surface area contributed by atoms with Crippen molar-refractivity contribution in [3.05, 3.63) is 35.7 Å². The van der Waals surface area contributed by atoms with Gasteiger partial charge in [-0.1, -0.05) is 35.8 Å². The average molecular weight is 272 g/mol. The Morgan fingerprint density at radius 2 is 2.00 bits per heavy atom. The quantitative estimate of drug-likeness (QED) is 0.893. The summed E-state index contributed by atoms with van der Waals surface area (Å²) in [5, 5.41) is 4.08. The molecule has 1 aliphatic rings. The average Bonchev–Trinajstić information content (AvgIpc) is 2.97. The molecular formula is C15H20N4O. The summed E-state index contributed by atoms with van der Waals surface area (Å²) >= 11 is 0. The standard InChI is InChI=1S/C15H20N4O/c16-9-10-4-6-11(7-5-10)14-18-15(20-19-14)12-2-1-3-13(17)8-12/h4-7,12-13H,1-3,8-9,16-17H2. The van der Waals surface area contributed by atoms with E-state index >= 15 is 0 Å². The van der Waals surface area contributed by atoms with Crippen LogP contribution in [0.2, 0.25) is 0 Å². The summed E-state index contributed by atoms with van der Waals surface area (Å²) < 4.78 is 5.42. The van der Waals surface area contributed by atoms with Crippen molar-refractivity contribution >= 4 is 0 Å². The lowest BCUT2D eigenvalue weighted by Crippen LogP contribution is -2.26. The molecule has 5 heteroatoms. The number of aromatic nitrogens is 2. The van der Waals surface area contributed by atoms with Gasteiger partial charge in [0.25, 0.3) is 0 Å². The van der Waals surface area contributed by atoms with Gasteiger partial charge >= 0.3 is 0 Å². The van der Waals surface area contributed by atoms with Crippen LogP contribution in [0.1, 0.15) is 43.1 Å². The summed E-state index contributed by atoms with van der Waals surface area (Å²) in [4.78, 5) is 4.53. The molecule has 2 unspecified atom stereocenters. The van der Waals surface area contributed by atoms with E-state index in [0.29, 0.717) is 18.3 Å². The summed E-state index contributed by atoms with van der Waals surface area (Å²) in [5.41, 5.74) is 13.7. The Bertz CT molecular complexity index is 564. The zero-order chi connectivity index (χ0) is 13.9. The molecule has 5 nitrogen and oxygen atoms in total. The first-order valence-electron chi connectivity index (χ1n) is 7.15. The van der Waals surface area contributed by atoms with E-state index in [1.165, 1.54) is 0 Å². The third-order valence-electron chi connectivity index (χ3n) is 3.95. The minimum Gasteiger partial charge on any atom is -0.339 e. The normalized spacial score (nSPS) is 22.9. The smallest absolute Gasteiger partial charge is 0.230 e. The fourth-order valence-corrected chi connectivity index (χ4v) is 2.76. The second-order valence-corrected chi connectivity index (χ2v) is 5.48. The lowest BCUT2D eigenvalue weighted by molar-refractivity contribution is 0.299. The second kappa shape index (κ2) is 5.73. The van der Waals surface area contributed by atoms with Gasteiger partial charge in [-0.25, -0.2) is 0 Å². The molecule has 1 aromatic carbocycles. The fraction of sp³-hybridized carbons (Fsp3) is 0.467. The maximum Gasteiger partial charge on any atom is 0.230 e. The minimum absolute atomic E-state index is 0.257. The highest BCUT2D eigenvalue weighted by molar-refractivity contribution is 5.54. The van der Waals surface area contributed by atoms with Crippen molar-refractivity contribution in [1.29, 1.82) is 0 Å². The molecule has 2 atom stereocenters. The Balaban J connectivity index is 1.78. The molecule has 3 rings (SSSR count). The summed E-state index contributed by atoms with van der Waals surface area (Å²) in [6.07, 6.45) is 4.25. The van der Waals surface area contributed by atoms with Gasteiger partial charge in [-0.05, 0) is 24.8 Å². The van der Waals surface area contributed by atoms with Crippen LogP contribution >= 0.6 is 0 Å². The van der Waals surface area contributed by atoms with Gasteiger partial charge in [0.05, 0.1) is 0 Å². The van der Waals surface area contributed by atoms with E-state index in [9.17, 15) is 0 Å². The Kier molecular flexibility index (Phi) is 3.80. The van der Waals surface area contributed by atoms with Crippen LogP contribution in [0.3, 0.4) is 0 Å². The molecular weight excluding hydrogens is 252 g/mol. The molecule has 0 aliphatic heterocycles. The van der Waals surface area contributed by atoms with E-state index in [1.54, 1.807) is 0 Å². The highest BCUT2D eigenvalue weighted by Gasteiger charge is 2.25. The summed E-state index contributed by atoms with van der Waals surface area (Å²) in [6.45, 7) is 0.539. The predicted octanol–water partition coefficient (Wildman–Crippen LogP) is 2.18. The molecule has 1 heterocycles. The number of hydrogen-bond acceptors (Lipinski definition) is 5. The SMILES string of the molecule is NCc1ccc(-c2noc(C3CCCC(N)C3)n2)cc1. The molecule has 0 amide bonds. The Labute approximate surface area is 118 Å². The predicted molar refractivity (Wildman–Crippen MR) is 76.8 cm³/mol. The molecule has 0 saturated heterocycles. The van der Waals surface area contributed by atoms with Crippen LogP contribution in [0.4, 0.5) is 0 Å². The zero-order valence-corrected chi connectivity index (χ0v) is 11.5. The van der Waals surface area contributed by atoms with Crippen molar-refractivity contribution in [3.8, 4) is 11.4 Å². The minimum atomic E-state index is 0.257. The lowest BCUT2D eigenvalue weighted by Gasteiger charge is -2.23. The third kappa shape index (κ3) is 2.73. The number of rotatable bonds is 3. The molecule has 1 fully saturated rings. The van der Waals surface area contributed by atoms with Crippen molar-refractivity contribution < 1.29 is 4.52 Å². The topological polar surface area (TPSA) is 91.0 Å². The van der Waals surface area contributed by atoms with E-state index < -0.39 is 0 Å². The molecule has 1 saturated carbocycles. The van der Waals surface area contributed by atoms with Crippen molar-refractivity contribution in [2.75, 3.05) is 0 Å². The van der Waals surface area contributed by atoms with E-state index in [4.69, 9.17) is 16.0 Å². The van der Waals surface area contributed by atoms with Crippen molar-refractivity contribution in [2.45, 2.75) is 44.2 Å². The van der Waals surface area contributed by atoms with Crippen molar-refractivity contribution in [1.82, 2.24) is 10.1 Å². The van der Waals surface area contributed by atoms with Crippen LogP contribution in [0.5, 0.6) is 0 Å². The lowest BCUT2D eigenvalue weighted by atomic mass is 9.86. The van der Waals surface area contributed by atoms with Crippen molar-refractivity contribution in [3.63, 3.8) is 0 Å². The Morgan fingerprint density at radius 3 is 2.70 bits per heavy atom. The third-order valence-corrected chi connectivity index (χ3v) is 3.95. The van der Waals surface area contributed by atoms with Gasteiger partial charge in [0.2, 0.25) is 11.7 Å². The van der Waals surface area contributed by atoms with Gasteiger partial charge in [-0.2, -0.15) is 4.98 Å². The van der Waals surface area contributed by atoms with Crippen LogP contribution in [-0.2, 0) is 6.54 Å². The zero-order valence-electron chi connectivity index (χ0n) is 11.5. The maximum atomic E-state index is 6.01. The van der Waals surface area contributed by atoms with E-state index in [1.807, 2.05) is 24.3 Å². The summed E-state index contributed by atoms with van der Waals surface area (Å²) in [6, 6.07) is 8.18. The number of benzene rings is 1. The van der Waals surface area contributed by atoms with E-state index in [2.05, 4.69) is 10.1 Å². The molecule has 1 aliphatic carbocycles. The first-order chi connectivity index (χ1) is 9.76. The number of nitrogens with two attached hydrogens (primary N) is 2. The van der Waals surface area contributed by atoms with Crippen LogP contribution < -0.4 is 11.5 Å². The maximum absolute atomic E-state index is 6.01. The highest BCUT2D eigenvalue weighted by Crippen LogP contribution is 2.32. The second-order valence-electron chi connectivity index (χ2n) is 5.48. The molecule has 1 aromatic heterocycles. The van der Waals surface area contributed by atoms with Crippen LogP contribution in [0, 0.1) is 0 Å². The first-order valence-corrected chi connectivity index (χ1v) is 7.15. The fourth-order valence-electron chi connectivity index (χ4n) is 2.76. The first kappa shape index (κ1) is 13.3. The molecule has 0 radical (unpaired) electrons. The van der Waals surface area contributed by atoms with Gasteiger partial charge in [0, 0.05) is 24.1 Å². The van der Waals surface area contributed by atoms with Gasteiger partial charge in [0.15, 0.2) is 0 Å². The van der Waals surface area contributed by atoms with Gasteiger partial charge in [-0.3, -0.25) is 0 Å². The molecule has 0 bridgehead atoms. The van der Waals surface area contributed by atoms with E-state index in [-0.39, 0.29) is 6.04 Å². The monoisotopic (exact) mass is 272 g/mol. The highest BCUT2D eigenvalue weighted by atomic mass is 16.5. The van der Waals surface area contributed by atoms with E-state index in [0.717, 1.165) is 42.7 Å². The van der Waals surface area contributed by atoms with Crippen LogP contribution in [0.25, 0.3) is 11.4 Å². The van der Waals surface area contributed by atoms with Crippen LogP contribution in [0.15, 0.2) is 28.8 Å². The summed E-state index contributed by atoms with van der Waals surface area (Å²) in [7, 11) is 0. The summed E-state index contributed by atoms with van der Waals surface area (Å²) in [5.74, 6) is 1.67. The molecule has 106 valence electrons.